The third kappa shape index (κ3) is 6.30. The van der Waals surface area contributed by atoms with Crippen molar-refractivity contribution in [3.05, 3.63) is 52.2 Å². The van der Waals surface area contributed by atoms with Gasteiger partial charge in [0, 0.05) is 30.1 Å². The molecule has 1 fully saturated rings. The van der Waals surface area contributed by atoms with E-state index in [1.54, 1.807) is 16.2 Å². The Labute approximate surface area is 206 Å². The number of carbonyl (C=O) groups is 2. The van der Waals surface area contributed by atoms with Crippen LogP contribution in [0.2, 0.25) is 0 Å². The average molecular weight is 486 g/mol. The number of nitrogens with one attached hydrogen (secondary N) is 1. The fourth-order valence-electron chi connectivity index (χ4n) is 4.47. The van der Waals surface area contributed by atoms with Crippen LogP contribution in [0.4, 0.5) is 4.79 Å². The lowest BCUT2D eigenvalue weighted by atomic mass is 10.0. The molecule has 2 aromatic rings. The van der Waals surface area contributed by atoms with Gasteiger partial charge in [0.1, 0.15) is 18.9 Å². The van der Waals surface area contributed by atoms with Gasteiger partial charge in [-0.2, -0.15) is 0 Å². The fraction of sp³-hybridized carbons (Fsp3) is 0.538. The minimum Gasteiger partial charge on any atom is -0.491 e. The topological polar surface area (TPSA) is 71.1 Å². The molecule has 3 heterocycles. The van der Waals surface area contributed by atoms with Gasteiger partial charge in [0.15, 0.2) is 0 Å². The van der Waals surface area contributed by atoms with Crippen molar-refractivity contribution in [2.24, 2.45) is 0 Å². The second-order valence-corrected chi connectivity index (χ2v) is 11.0. The van der Waals surface area contributed by atoms with Crippen molar-refractivity contribution in [2.75, 3.05) is 32.8 Å². The summed E-state index contributed by atoms with van der Waals surface area (Å²) in [5.74, 6) is 0.711. The largest absolute Gasteiger partial charge is 0.491 e. The molecule has 2 atom stereocenters. The van der Waals surface area contributed by atoms with Crippen LogP contribution in [-0.4, -0.2) is 66.2 Å². The van der Waals surface area contributed by atoms with E-state index in [-0.39, 0.29) is 30.6 Å². The zero-order valence-electron chi connectivity index (χ0n) is 20.3. The van der Waals surface area contributed by atoms with Gasteiger partial charge in [-0.15, -0.1) is 11.3 Å². The lowest BCUT2D eigenvalue weighted by molar-refractivity contribution is -0.135. The number of thiophene rings is 1. The predicted octanol–water partition coefficient (Wildman–Crippen LogP) is 4.24. The Morgan fingerprint density at radius 2 is 2.03 bits per heavy atom. The Morgan fingerprint density at radius 3 is 2.74 bits per heavy atom. The summed E-state index contributed by atoms with van der Waals surface area (Å²) in [6.45, 7) is 7.95. The van der Waals surface area contributed by atoms with Crippen molar-refractivity contribution in [1.82, 2.24) is 15.1 Å². The fourth-order valence-corrected chi connectivity index (χ4v) is 5.40. The number of para-hydroxylation sites is 1. The Bertz CT molecular complexity index is 966. The second kappa shape index (κ2) is 10.8. The maximum atomic E-state index is 13.6. The van der Waals surface area contributed by atoms with Crippen LogP contribution in [0.25, 0.3) is 0 Å². The van der Waals surface area contributed by atoms with Gasteiger partial charge in [0.05, 0.1) is 12.1 Å². The molecule has 0 aliphatic carbocycles. The van der Waals surface area contributed by atoms with Crippen molar-refractivity contribution < 1.29 is 19.1 Å². The quantitative estimate of drug-likeness (QED) is 0.637. The molecule has 2 aliphatic rings. The van der Waals surface area contributed by atoms with Crippen LogP contribution >= 0.6 is 11.3 Å². The summed E-state index contributed by atoms with van der Waals surface area (Å²) >= 11 is 1.73. The first-order valence-corrected chi connectivity index (χ1v) is 12.9. The molecule has 2 unspecified atom stereocenters. The molecule has 0 spiro atoms. The van der Waals surface area contributed by atoms with Gasteiger partial charge < -0.3 is 24.6 Å². The number of rotatable bonds is 7. The van der Waals surface area contributed by atoms with E-state index in [2.05, 4.69) is 16.8 Å². The van der Waals surface area contributed by atoms with Gasteiger partial charge in [-0.1, -0.05) is 18.2 Å². The number of ether oxygens (including phenoxy) is 2. The Kier molecular flexibility index (Phi) is 7.78. The number of benzene rings is 1. The molecule has 8 heteroatoms. The molecular formula is C26H35N3O4S. The summed E-state index contributed by atoms with van der Waals surface area (Å²) < 4.78 is 11.8. The second-order valence-electron chi connectivity index (χ2n) is 9.97. The maximum absolute atomic E-state index is 13.6. The summed E-state index contributed by atoms with van der Waals surface area (Å²) in [6, 6.07) is 11.3. The molecular weight excluding hydrogens is 450 g/mol. The molecule has 0 radical (unpaired) electrons. The molecule has 1 saturated heterocycles. The zero-order chi connectivity index (χ0) is 24.1. The van der Waals surface area contributed by atoms with Gasteiger partial charge >= 0.3 is 6.03 Å². The van der Waals surface area contributed by atoms with Crippen LogP contribution in [0.1, 0.15) is 50.1 Å². The van der Waals surface area contributed by atoms with E-state index in [1.165, 1.54) is 4.88 Å². The van der Waals surface area contributed by atoms with E-state index >= 15 is 0 Å². The Hall–Kier alpha value is -2.58. The van der Waals surface area contributed by atoms with Crippen LogP contribution in [0.15, 0.2) is 41.8 Å². The first-order valence-electron chi connectivity index (χ1n) is 12.0. The van der Waals surface area contributed by atoms with Gasteiger partial charge in [-0.25, -0.2) is 4.79 Å². The highest BCUT2D eigenvalue weighted by molar-refractivity contribution is 7.10. The lowest BCUT2D eigenvalue weighted by Crippen LogP contribution is -2.54. The minimum absolute atomic E-state index is 0.0169. The van der Waals surface area contributed by atoms with E-state index in [0.29, 0.717) is 26.3 Å². The first-order chi connectivity index (χ1) is 16.3. The number of hydrogen-bond donors (Lipinski definition) is 1. The number of urea groups is 1. The summed E-state index contributed by atoms with van der Waals surface area (Å²) in [5, 5.41) is 5.09. The molecule has 1 aromatic carbocycles. The van der Waals surface area contributed by atoms with Crippen LogP contribution < -0.4 is 10.1 Å². The van der Waals surface area contributed by atoms with E-state index in [4.69, 9.17) is 9.47 Å². The SMILES string of the molecule is CC(C)(C)NC(=O)N(CC(=O)N1CCc2sccc2C1COc1ccccc1)CC1CCCO1. The van der Waals surface area contributed by atoms with Crippen molar-refractivity contribution in [3.8, 4) is 5.75 Å². The van der Waals surface area contributed by atoms with E-state index in [0.717, 1.165) is 30.6 Å². The number of fused-ring (bicyclic) bond motifs is 1. The molecule has 7 nitrogen and oxygen atoms in total. The highest BCUT2D eigenvalue weighted by Gasteiger charge is 2.34. The van der Waals surface area contributed by atoms with Crippen molar-refractivity contribution in [1.29, 1.82) is 0 Å². The van der Waals surface area contributed by atoms with Crippen LogP contribution in [-0.2, 0) is 16.0 Å². The monoisotopic (exact) mass is 485 g/mol. The van der Waals surface area contributed by atoms with Crippen LogP contribution in [0.3, 0.4) is 0 Å². The zero-order valence-corrected chi connectivity index (χ0v) is 21.1. The number of nitrogens with zero attached hydrogens (tertiary/aromatic N) is 2. The number of amides is 3. The standard InChI is InChI=1S/C26H35N3O4S/c1-26(2,3)27-25(31)28(16-20-10-7-14-32-20)17-24(30)29-13-11-23-21(12-15-34-23)22(29)18-33-19-8-5-4-6-9-19/h4-6,8-9,12,15,20,22H,7,10-11,13-14,16-18H2,1-3H3,(H,27,31). The van der Waals surface area contributed by atoms with Crippen molar-refractivity contribution >= 4 is 23.3 Å². The maximum Gasteiger partial charge on any atom is 0.318 e. The van der Waals surface area contributed by atoms with E-state index < -0.39 is 5.54 Å². The smallest absolute Gasteiger partial charge is 0.318 e. The number of carbonyl (C=O) groups excluding carboxylic acids is 2. The first kappa shape index (κ1) is 24.5. The predicted molar refractivity (Wildman–Crippen MR) is 133 cm³/mol. The molecule has 0 bridgehead atoms. The summed E-state index contributed by atoms with van der Waals surface area (Å²) in [4.78, 5) is 31.5. The molecule has 34 heavy (non-hydrogen) atoms. The van der Waals surface area contributed by atoms with Gasteiger partial charge in [0.2, 0.25) is 5.91 Å². The van der Waals surface area contributed by atoms with Crippen LogP contribution in [0.5, 0.6) is 5.75 Å². The molecule has 2 aliphatic heterocycles. The molecule has 1 N–H and O–H groups in total. The van der Waals surface area contributed by atoms with Gasteiger partial charge in [0.25, 0.3) is 0 Å². The molecule has 4 rings (SSSR count). The van der Waals surface area contributed by atoms with E-state index in [9.17, 15) is 9.59 Å². The van der Waals surface area contributed by atoms with Crippen LogP contribution in [0, 0.1) is 0 Å². The number of hydrogen-bond acceptors (Lipinski definition) is 5. The average Bonchev–Trinajstić information content (AvgIpc) is 3.48. The summed E-state index contributed by atoms with van der Waals surface area (Å²) in [5.41, 5.74) is 0.753. The third-order valence-electron chi connectivity index (χ3n) is 6.11. The molecule has 184 valence electrons. The van der Waals surface area contributed by atoms with Gasteiger partial charge in [-0.05, 0) is 69.2 Å². The molecule has 0 saturated carbocycles. The normalized spacial score (nSPS) is 20.0. The minimum atomic E-state index is -0.391. The third-order valence-corrected chi connectivity index (χ3v) is 7.11. The molecule has 3 amide bonds. The van der Waals surface area contributed by atoms with Crippen molar-refractivity contribution in [2.45, 2.75) is 57.7 Å². The lowest BCUT2D eigenvalue weighted by Gasteiger charge is -2.37. The summed E-state index contributed by atoms with van der Waals surface area (Å²) in [7, 11) is 0. The highest BCUT2D eigenvalue weighted by Crippen LogP contribution is 2.34. The van der Waals surface area contributed by atoms with E-state index in [1.807, 2.05) is 56.0 Å². The summed E-state index contributed by atoms with van der Waals surface area (Å²) in [6.07, 6.45) is 2.68. The molecule has 1 aromatic heterocycles. The highest BCUT2D eigenvalue weighted by atomic mass is 32.1. The Balaban J connectivity index is 1.49. The Morgan fingerprint density at radius 1 is 1.24 bits per heavy atom. The van der Waals surface area contributed by atoms with Crippen molar-refractivity contribution in [3.63, 3.8) is 0 Å². The van der Waals surface area contributed by atoms with Gasteiger partial charge in [-0.3, -0.25) is 4.79 Å².